The molecule has 0 bridgehead atoms. The van der Waals surface area contributed by atoms with E-state index in [-0.39, 0.29) is 18.0 Å². The Hall–Kier alpha value is -2.28. The van der Waals surface area contributed by atoms with Crippen LogP contribution < -0.4 is 15.0 Å². The van der Waals surface area contributed by atoms with Crippen LogP contribution in [0.15, 0.2) is 24.3 Å². The Morgan fingerprint density at radius 3 is 2.62 bits per heavy atom. The van der Waals surface area contributed by atoms with Crippen molar-refractivity contribution in [3.63, 3.8) is 0 Å². The van der Waals surface area contributed by atoms with Gasteiger partial charge in [-0.15, -0.1) is 0 Å². The number of likely N-dealkylation sites (N-methyl/N-ethyl adjacent to an activating group) is 2. The number of benzene rings is 1. The van der Waals surface area contributed by atoms with E-state index < -0.39 is 5.54 Å². The Kier molecular flexibility index (Phi) is 5.67. The molecule has 1 spiro atoms. The molecule has 1 aliphatic carbocycles. The maximum absolute atomic E-state index is 13.1. The third-order valence-corrected chi connectivity index (χ3v) is 6.41. The third-order valence-electron chi connectivity index (χ3n) is 6.41. The molecule has 1 atom stereocenters. The molecule has 7 heteroatoms. The van der Waals surface area contributed by atoms with E-state index in [1.165, 1.54) is 4.90 Å². The van der Waals surface area contributed by atoms with Crippen molar-refractivity contribution in [1.82, 2.24) is 15.1 Å². The molecule has 2 fully saturated rings. The van der Waals surface area contributed by atoms with Crippen LogP contribution in [0.1, 0.15) is 45.4 Å². The zero-order valence-electron chi connectivity index (χ0n) is 17.5. The summed E-state index contributed by atoms with van der Waals surface area (Å²) in [5, 5.41) is 3.02. The lowest BCUT2D eigenvalue weighted by Gasteiger charge is -2.37. The lowest BCUT2D eigenvalue weighted by Crippen LogP contribution is -2.49. The van der Waals surface area contributed by atoms with Gasteiger partial charge in [-0.05, 0) is 38.9 Å². The summed E-state index contributed by atoms with van der Waals surface area (Å²) in [7, 11) is 1.94. The molecule has 3 aliphatic rings. The number of rotatable bonds is 5. The van der Waals surface area contributed by atoms with Gasteiger partial charge < -0.3 is 15.0 Å². The molecule has 0 unspecified atom stereocenters. The van der Waals surface area contributed by atoms with Crippen molar-refractivity contribution in [1.29, 1.82) is 0 Å². The molecule has 1 saturated carbocycles. The van der Waals surface area contributed by atoms with Crippen molar-refractivity contribution < 1.29 is 14.3 Å². The number of fused-ring (bicyclic) bond motifs is 1. The van der Waals surface area contributed by atoms with E-state index >= 15 is 0 Å². The molecule has 3 amide bonds. The van der Waals surface area contributed by atoms with Crippen molar-refractivity contribution in [2.45, 2.75) is 57.1 Å². The van der Waals surface area contributed by atoms with E-state index in [4.69, 9.17) is 4.74 Å². The van der Waals surface area contributed by atoms with Gasteiger partial charge in [0.2, 0.25) is 0 Å². The van der Waals surface area contributed by atoms with Crippen molar-refractivity contribution in [3.8, 4) is 5.75 Å². The van der Waals surface area contributed by atoms with Crippen LogP contribution in [0.4, 0.5) is 10.5 Å². The van der Waals surface area contributed by atoms with Gasteiger partial charge in [-0.25, -0.2) is 9.69 Å². The molecule has 1 aromatic carbocycles. The second-order valence-electron chi connectivity index (χ2n) is 8.59. The smallest absolute Gasteiger partial charge is 0.326 e. The fourth-order valence-electron chi connectivity index (χ4n) is 4.90. The summed E-state index contributed by atoms with van der Waals surface area (Å²) in [5.74, 6) is 0.841. The van der Waals surface area contributed by atoms with Crippen LogP contribution in [0, 0.1) is 0 Å². The summed E-state index contributed by atoms with van der Waals surface area (Å²) < 4.78 is 6.19. The summed E-state index contributed by atoms with van der Waals surface area (Å²) in [6.07, 6.45) is 5.77. The normalized spacial score (nSPS) is 23.8. The van der Waals surface area contributed by atoms with Crippen molar-refractivity contribution in [2.75, 3.05) is 38.3 Å². The van der Waals surface area contributed by atoms with Gasteiger partial charge in [-0.2, -0.15) is 0 Å². The number of para-hydroxylation sites is 2. The van der Waals surface area contributed by atoms with Gasteiger partial charge in [0.25, 0.3) is 5.91 Å². The number of hydrogen-bond acceptors (Lipinski definition) is 5. The first-order valence-corrected chi connectivity index (χ1v) is 10.9. The van der Waals surface area contributed by atoms with E-state index in [2.05, 4.69) is 23.2 Å². The minimum absolute atomic E-state index is 0.0116. The van der Waals surface area contributed by atoms with Gasteiger partial charge in [0.15, 0.2) is 0 Å². The molecular formula is C22H32N4O3. The van der Waals surface area contributed by atoms with E-state index in [9.17, 15) is 9.59 Å². The Morgan fingerprint density at radius 1 is 1.17 bits per heavy atom. The minimum Gasteiger partial charge on any atom is -0.485 e. The predicted molar refractivity (Wildman–Crippen MR) is 112 cm³/mol. The van der Waals surface area contributed by atoms with Crippen molar-refractivity contribution in [3.05, 3.63) is 24.3 Å². The molecular weight excluding hydrogens is 368 g/mol. The summed E-state index contributed by atoms with van der Waals surface area (Å²) in [6, 6.07) is 7.83. The highest BCUT2D eigenvalue weighted by Crippen LogP contribution is 2.34. The quantitative estimate of drug-likeness (QED) is 0.770. The topological polar surface area (TPSA) is 65.1 Å². The maximum atomic E-state index is 13.1. The standard InChI is InChI=1S/C22H32N4O3/c1-3-25-15-17(29-19-11-7-6-10-18(19)25)14-24(2)16-26-20(27)22(23-21(26)28)12-8-4-5-9-13-22/h6-7,10-11,17H,3-5,8-9,12-16H2,1-2H3,(H,23,28)/t17-/m1/s1. The van der Waals surface area contributed by atoms with Crippen molar-refractivity contribution >= 4 is 17.6 Å². The highest BCUT2D eigenvalue weighted by molar-refractivity contribution is 6.07. The van der Waals surface area contributed by atoms with Crippen LogP contribution in [0.2, 0.25) is 0 Å². The number of carbonyl (C=O) groups excluding carboxylic acids is 2. The predicted octanol–water partition coefficient (Wildman–Crippen LogP) is 2.81. The molecule has 1 N–H and O–H groups in total. The Bertz CT molecular complexity index is 760. The van der Waals surface area contributed by atoms with Crippen molar-refractivity contribution in [2.24, 2.45) is 0 Å². The van der Waals surface area contributed by atoms with E-state index in [0.717, 1.165) is 63.1 Å². The first-order chi connectivity index (χ1) is 14.0. The summed E-state index contributed by atoms with van der Waals surface area (Å²) in [4.78, 5) is 31.4. The number of carbonyl (C=O) groups is 2. The number of imide groups is 1. The molecule has 2 heterocycles. The van der Waals surface area contributed by atoms with E-state index in [0.29, 0.717) is 13.2 Å². The Labute approximate surface area is 173 Å². The number of hydrogen-bond donors (Lipinski definition) is 1. The highest BCUT2D eigenvalue weighted by atomic mass is 16.5. The van der Waals surface area contributed by atoms with Crippen LogP contribution in [-0.4, -0.2) is 66.7 Å². The zero-order valence-corrected chi connectivity index (χ0v) is 17.5. The molecule has 4 rings (SSSR count). The lowest BCUT2D eigenvalue weighted by molar-refractivity contribution is -0.133. The van der Waals surface area contributed by atoms with Gasteiger partial charge >= 0.3 is 6.03 Å². The molecule has 1 aromatic rings. The van der Waals surface area contributed by atoms with E-state index in [1.807, 2.05) is 30.1 Å². The van der Waals surface area contributed by atoms with Gasteiger partial charge in [0.05, 0.1) is 18.9 Å². The lowest BCUT2D eigenvalue weighted by atomic mass is 9.90. The van der Waals surface area contributed by atoms with Crippen LogP contribution in [-0.2, 0) is 4.79 Å². The first kappa shape index (κ1) is 20.0. The SMILES string of the molecule is CCN1C[C@@H](CN(C)CN2C(=O)NC3(CCCCCC3)C2=O)Oc2ccccc21. The minimum atomic E-state index is -0.673. The number of anilines is 1. The fourth-order valence-corrected chi connectivity index (χ4v) is 4.90. The number of nitrogens with one attached hydrogen (secondary N) is 1. The summed E-state index contributed by atoms with van der Waals surface area (Å²) in [5.41, 5.74) is 0.451. The number of urea groups is 1. The monoisotopic (exact) mass is 400 g/mol. The highest BCUT2D eigenvalue weighted by Gasteiger charge is 2.50. The molecule has 0 radical (unpaired) electrons. The number of ether oxygens (including phenoxy) is 1. The molecule has 1 saturated heterocycles. The largest absolute Gasteiger partial charge is 0.485 e. The van der Waals surface area contributed by atoms with Gasteiger partial charge in [-0.3, -0.25) is 9.69 Å². The molecule has 0 aromatic heterocycles. The average Bonchev–Trinajstić information content (AvgIpc) is 2.87. The van der Waals surface area contributed by atoms with Crippen LogP contribution in [0.5, 0.6) is 5.75 Å². The molecule has 2 aliphatic heterocycles. The Morgan fingerprint density at radius 2 is 1.90 bits per heavy atom. The van der Waals surface area contributed by atoms with Crippen LogP contribution in [0.3, 0.4) is 0 Å². The number of amides is 3. The van der Waals surface area contributed by atoms with Crippen LogP contribution in [0.25, 0.3) is 0 Å². The van der Waals surface area contributed by atoms with Gasteiger partial charge in [0, 0.05) is 13.1 Å². The van der Waals surface area contributed by atoms with E-state index in [1.54, 1.807) is 0 Å². The maximum Gasteiger partial charge on any atom is 0.326 e. The van der Waals surface area contributed by atoms with Crippen LogP contribution >= 0.6 is 0 Å². The second-order valence-corrected chi connectivity index (χ2v) is 8.59. The molecule has 7 nitrogen and oxygen atoms in total. The summed E-state index contributed by atoms with van der Waals surface area (Å²) >= 11 is 0. The average molecular weight is 401 g/mol. The third kappa shape index (κ3) is 3.92. The summed E-state index contributed by atoms with van der Waals surface area (Å²) in [6.45, 7) is 4.79. The van der Waals surface area contributed by atoms with Gasteiger partial charge in [-0.1, -0.05) is 37.8 Å². The Balaban J connectivity index is 1.39. The zero-order chi connectivity index (χ0) is 20.4. The number of nitrogens with zero attached hydrogens (tertiary/aromatic N) is 3. The molecule has 29 heavy (non-hydrogen) atoms. The second kappa shape index (κ2) is 8.22. The first-order valence-electron chi connectivity index (χ1n) is 10.9. The molecule has 158 valence electrons. The van der Waals surface area contributed by atoms with Gasteiger partial charge in [0.1, 0.15) is 17.4 Å². The fraction of sp³-hybridized carbons (Fsp3) is 0.636.